The molecule has 6 rings (SSSR count). The smallest absolute Gasteiger partial charge is 0.148 e. The average Bonchev–Trinajstić information content (AvgIpc) is 3.37. The van der Waals surface area contributed by atoms with Crippen LogP contribution in [0.5, 0.6) is 0 Å². The minimum Gasteiger partial charge on any atom is -0.393 e. The number of anilines is 1. The van der Waals surface area contributed by atoms with Gasteiger partial charge in [-0.1, -0.05) is 18.2 Å². The summed E-state index contributed by atoms with van der Waals surface area (Å²) in [6, 6.07) is 9.27. The van der Waals surface area contributed by atoms with Crippen LogP contribution in [-0.2, 0) is 6.42 Å². The van der Waals surface area contributed by atoms with Gasteiger partial charge in [-0.3, -0.25) is 14.2 Å². The van der Waals surface area contributed by atoms with Crippen molar-refractivity contribution in [2.75, 3.05) is 44.8 Å². The number of aromatic amines is 1. The molecule has 3 aromatic rings. The molecule has 4 heterocycles. The number of para-hydroxylation sites is 1. The Hall–Kier alpha value is -2.62. The van der Waals surface area contributed by atoms with E-state index in [1.165, 1.54) is 12.1 Å². The molecule has 0 aliphatic carbocycles. The Kier molecular flexibility index (Phi) is 5.97. The lowest BCUT2D eigenvalue weighted by Gasteiger charge is -2.40. The van der Waals surface area contributed by atoms with Gasteiger partial charge in [0, 0.05) is 66.5 Å². The van der Waals surface area contributed by atoms with Crippen LogP contribution >= 0.6 is 0 Å². The Bertz CT molecular complexity index is 1250. The molecule has 9 heteroatoms. The maximum atomic E-state index is 15.7. The van der Waals surface area contributed by atoms with Gasteiger partial charge in [-0.15, -0.1) is 0 Å². The molecule has 2 fully saturated rings. The molecule has 3 aliphatic heterocycles. The summed E-state index contributed by atoms with van der Waals surface area (Å²) < 4.78 is 59.0. The number of likely N-dealkylation sites (tertiary alicyclic amines) is 1. The quantitative estimate of drug-likeness (QED) is 0.422. The van der Waals surface area contributed by atoms with E-state index >= 15 is 13.2 Å². The molecule has 36 heavy (non-hydrogen) atoms. The largest absolute Gasteiger partial charge is 0.393 e. The number of fused-ring (bicyclic) bond motifs is 4. The lowest BCUT2D eigenvalue weighted by Crippen LogP contribution is -2.54. The third-order valence-electron chi connectivity index (χ3n) is 8.00. The van der Waals surface area contributed by atoms with Gasteiger partial charge in [-0.2, -0.15) is 0 Å². The SMILES string of the molecule is OC[C@@]1(F)C[C@@H]2Cc3c([nH]c4ccccc34)[C@@H](c3c(F)cc(NC4CN(CCCF)C4)cc3F)N2C1. The second-order valence-electron chi connectivity index (χ2n) is 10.5. The van der Waals surface area contributed by atoms with Crippen LogP contribution in [-0.4, -0.2) is 77.1 Å². The molecule has 0 unspecified atom stereocenters. The molecule has 3 N–H and O–H groups in total. The van der Waals surface area contributed by atoms with E-state index in [0.29, 0.717) is 43.9 Å². The van der Waals surface area contributed by atoms with Crippen molar-refractivity contribution in [2.24, 2.45) is 0 Å². The number of H-pyrrole nitrogens is 1. The third-order valence-corrected chi connectivity index (χ3v) is 8.00. The van der Waals surface area contributed by atoms with Gasteiger partial charge in [0.25, 0.3) is 0 Å². The molecular formula is C27H30F4N4O. The van der Waals surface area contributed by atoms with E-state index in [4.69, 9.17) is 0 Å². The van der Waals surface area contributed by atoms with Crippen molar-refractivity contribution >= 4 is 16.6 Å². The van der Waals surface area contributed by atoms with Crippen molar-refractivity contribution in [2.45, 2.75) is 43.1 Å². The van der Waals surface area contributed by atoms with Gasteiger partial charge < -0.3 is 15.4 Å². The number of benzene rings is 2. The number of rotatable bonds is 7. The van der Waals surface area contributed by atoms with Crippen LogP contribution in [0.3, 0.4) is 0 Å². The van der Waals surface area contributed by atoms with Crippen molar-refractivity contribution in [1.82, 2.24) is 14.8 Å². The number of aliphatic hydroxyl groups excluding tert-OH is 1. The van der Waals surface area contributed by atoms with E-state index in [1.807, 2.05) is 24.3 Å². The van der Waals surface area contributed by atoms with Crippen LogP contribution in [0.2, 0.25) is 0 Å². The zero-order valence-electron chi connectivity index (χ0n) is 19.9. The number of aliphatic hydroxyl groups is 1. The molecule has 0 radical (unpaired) electrons. The van der Waals surface area contributed by atoms with Gasteiger partial charge in [-0.05, 0) is 36.6 Å². The number of halogens is 4. The first kappa shape index (κ1) is 23.8. The third kappa shape index (κ3) is 3.97. The molecule has 0 bridgehead atoms. The zero-order valence-corrected chi connectivity index (χ0v) is 19.9. The molecule has 0 spiro atoms. The molecule has 5 nitrogen and oxygen atoms in total. The molecule has 2 saturated heterocycles. The summed E-state index contributed by atoms with van der Waals surface area (Å²) in [5.41, 5.74) is 0.931. The molecule has 2 aromatic carbocycles. The number of nitrogens with zero attached hydrogens (tertiary/aromatic N) is 2. The van der Waals surface area contributed by atoms with Crippen molar-refractivity contribution < 1.29 is 22.7 Å². The van der Waals surface area contributed by atoms with E-state index in [-0.39, 0.29) is 37.3 Å². The minimum atomic E-state index is -1.81. The summed E-state index contributed by atoms with van der Waals surface area (Å²) >= 11 is 0. The van der Waals surface area contributed by atoms with Crippen molar-refractivity contribution in [3.8, 4) is 0 Å². The van der Waals surface area contributed by atoms with Gasteiger partial charge in [-0.25, -0.2) is 13.2 Å². The standard InChI is InChI=1S/C27H30F4N4O/c28-6-3-7-34-12-17(13-34)32-16-8-21(29)24(22(30)9-16)26-25-20(19-4-1-2-5-23(19)33-25)10-18-11-27(31,15-36)14-35(18)26/h1-2,4-5,8-9,17-18,26,32-33,36H,3,6-7,10-15H2/t18-,26+,27+/m0/s1. The fourth-order valence-corrected chi connectivity index (χ4v) is 6.34. The molecule has 3 aliphatic rings. The summed E-state index contributed by atoms with van der Waals surface area (Å²) in [7, 11) is 0. The van der Waals surface area contributed by atoms with E-state index in [2.05, 4.69) is 15.2 Å². The first-order valence-corrected chi connectivity index (χ1v) is 12.6. The predicted molar refractivity (Wildman–Crippen MR) is 131 cm³/mol. The van der Waals surface area contributed by atoms with Gasteiger partial charge in [0.05, 0.1) is 25.4 Å². The van der Waals surface area contributed by atoms with E-state index in [9.17, 15) is 9.50 Å². The summed E-state index contributed by atoms with van der Waals surface area (Å²) in [5.74, 6) is -1.39. The van der Waals surface area contributed by atoms with Crippen molar-refractivity contribution in [3.05, 3.63) is 64.9 Å². The maximum absolute atomic E-state index is 15.7. The highest BCUT2D eigenvalue weighted by Crippen LogP contribution is 2.48. The van der Waals surface area contributed by atoms with Crippen LogP contribution < -0.4 is 5.32 Å². The second kappa shape index (κ2) is 9.04. The lowest BCUT2D eigenvalue weighted by molar-refractivity contribution is 0.0728. The maximum Gasteiger partial charge on any atom is 0.148 e. The summed E-state index contributed by atoms with van der Waals surface area (Å²) in [5, 5.41) is 13.9. The Morgan fingerprint density at radius 1 is 1.14 bits per heavy atom. The Balaban J connectivity index is 1.34. The van der Waals surface area contributed by atoms with Gasteiger partial charge in [0.15, 0.2) is 0 Å². The van der Waals surface area contributed by atoms with E-state index < -0.39 is 30.0 Å². The van der Waals surface area contributed by atoms with E-state index in [0.717, 1.165) is 16.5 Å². The van der Waals surface area contributed by atoms with Crippen molar-refractivity contribution in [1.29, 1.82) is 0 Å². The summed E-state index contributed by atoms with van der Waals surface area (Å²) in [4.78, 5) is 7.25. The Morgan fingerprint density at radius 2 is 1.89 bits per heavy atom. The lowest BCUT2D eigenvalue weighted by atomic mass is 9.88. The van der Waals surface area contributed by atoms with Crippen LogP contribution in [0, 0.1) is 11.6 Å². The van der Waals surface area contributed by atoms with Gasteiger partial charge >= 0.3 is 0 Å². The fraction of sp³-hybridized carbons (Fsp3) is 0.481. The topological polar surface area (TPSA) is 54.5 Å². The van der Waals surface area contributed by atoms with E-state index in [1.54, 1.807) is 4.90 Å². The fourth-order valence-electron chi connectivity index (χ4n) is 6.34. The molecular weight excluding hydrogens is 472 g/mol. The zero-order chi connectivity index (χ0) is 25.0. The highest BCUT2D eigenvalue weighted by Gasteiger charge is 2.51. The highest BCUT2D eigenvalue weighted by atomic mass is 19.1. The van der Waals surface area contributed by atoms with Crippen molar-refractivity contribution in [3.63, 3.8) is 0 Å². The number of aromatic nitrogens is 1. The van der Waals surface area contributed by atoms with Crippen LogP contribution in [0.15, 0.2) is 36.4 Å². The molecule has 1 aromatic heterocycles. The Labute approximate surface area is 207 Å². The summed E-state index contributed by atoms with van der Waals surface area (Å²) in [6.45, 7) is 0.988. The van der Waals surface area contributed by atoms with Crippen LogP contribution in [0.25, 0.3) is 10.9 Å². The highest BCUT2D eigenvalue weighted by molar-refractivity contribution is 5.85. The minimum absolute atomic E-state index is 0.0453. The van der Waals surface area contributed by atoms with Crippen LogP contribution in [0.1, 0.15) is 35.7 Å². The first-order chi connectivity index (χ1) is 17.4. The molecule has 192 valence electrons. The normalized spacial score (nSPS) is 26.7. The molecule has 3 atom stereocenters. The second-order valence-corrected chi connectivity index (χ2v) is 10.5. The van der Waals surface area contributed by atoms with Gasteiger partial charge in [0.1, 0.15) is 17.3 Å². The Morgan fingerprint density at radius 3 is 2.61 bits per heavy atom. The molecule has 0 saturated carbocycles. The van der Waals surface area contributed by atoms with Crippen LogP contribution in [0.4, 0.5) is 23.2 Å². The predicted octanol–water partition coefficient (Wildman–Crippen LogP) is 4.32. The van der Waals surface area contributed by atoms with Gasteiger partial charge in [0.2, 0.25) is 0 Å². The number of alkyl halides is 2. The number of hydrogen-bond acceptors (Lipinski definition) is 4. The first-order valence-electron chi connectivity index (χ1n) is 12.6. The average molecular weight is 503 g/mol. The number of hydrogen-bond donors (Lipinski definition) is 3. The number of nitrogens with one attached hydrogen (secondary N) is 2. The molecule has 0 amide bonds. The monoisotopic (exact) mass is 502 g/mol. The summed E-state index contributed by atoms with van der Waals surface area (Å²) in [6.07, 6.45) is 1.14.